The molecule has 1 nitrogen and oxygen atoms in total. The number of furan rings is 1. The van der Waals surface area contributed by atoms with Crippen molar-refractivity contribution in [2.45, 2.75) is 0 Å². The van der Waals surface area contributed by atoms with Gasteiger partial charge in [-0.2, -0.15) is 0 Å². The first kappa shape index (κ1) is 15.2. The molecular formula is C12HCl7O. The molecule has 0 aliphatic heterocycles. The van der Waals surface area contributed by atoms with E-state index in [1.165, 1.54) is 0 Å². The van der Waals surface area contributed by atoms with Gasteiger partial charge in [0, 0.05) is 5.39 Å². The Morgan fingerprint density at radius 2 is 1.15 bits per heavy atom. The van der Waals surface area contributed by atoms with Gasteiger partial charge in [0.05, 0.1) is 30.5 Å². The van der Waals surface area contributed by atoms with Crippen LogP contribution >= 0.6 is 81.2 Å². The first-order valence-electron chi connectivity index (χ1n) is 5.06. The Kier molecular flexibility index (Phi) is 3.92. The Morgan fingerprint density at radius 3 is 1.80 bits per heavy atom. The van der Waals surface area contributed by atoms with E-state index in [-0.39, 0.29) is 40.7 Å². The Hall–Kier alpha value is 0.270. The summed E-state index contributed by atoms with van der Waals surface area (Å²) in [6.07, 6.45) is 0. The molecule has 0 bridgehead atoms. The average molecular weight is 420 g/mol. The minimum Gasteiger partial charge on any atom is -0.453 e. The summed E-state index contributed by atoms with van der Waals surface area (Å²) in [6.45, 7) is 0. The van der Waals surface area contributed by atoms with E-state index in [0.717, 1.165) is 0 Å². The van der Waals surface area contributed by atoms with Crippen molar-refractivity contribution in [3.8, 4) is 0 Å². The third-order valence-corrected chi connectivity index (χ3v) is 5.84. The normalized spacial score (nSPS) is 11.8. The maximum atomic E-state index is 6.21. The number of rotatable bonds is 0. The highest BCUT2D eigenvalue weighted by molar-refractivity contribution is 6.57. The van der Waals surface area contributed by atoms with Crippen molar-refractivity contribution in [1.82, 2.24) is 0 Å². The minimum absolute atomic E-state index is 0.109. The lowest BCUT2D eigenvalue weighted by atomic mass is 10.9. The van der Waals surface area contributed by atoms with Crippen molar-refractivity contribution in [3.05, 3.63) is 41.2 Å². The van der Waals surface area contributed by atoms with Crippen LogP contribution in [0, 0.1) is 0 Å². The minimum atomic E-state index is 0.109. The first-order chi connectivity index (χ1) is 9.34. The lowest BCUT2D eigenvalue weighted by molar-refractivity contribution is 0.669. The largest absolute Gasteiger partial charge is 0.453 e. The van der Waals surface area contributed by atoms with E-state index in [1.54, 1.807) is 6.07 Å². The van der Waals surface area contributed by atoms with Gasteiger partial charge < -0.3 is 4.42 Å². The molecule has 1 aromatic heterocycles. The number of hydrogen-bond donors (Lipinski definition) is 0. The fraction of sp³-hybridized carbons (Fsp3) is 0. The smallest absolute Gasteiger partial charge is 0.157 e. The van der Waals surface area contributed by atoms with Crippen LogP contribution in [0.25, 0.3) is 21.9 Å². The summed E-state index contributed by atoms with van der Waals surface area (Å²) < 4.78 is 5.63. The summed E-state index contributed by atoms with van der Waals surface area (Å²) in [4.78, 5) is 0. The molecule has 0 aliphatic rings. The van der Waals surface area contributed by atoms with Crippen LogP contribution in [0.3, 0.4) is 0 Å². The SMILES string of the molecule is Cl[13c]1[13cH][13c]2[13c](oc3[13c](Cl)[13c](Cl)[13c](Cl)[13c](Cl)[13c]32)[13c](Cl)[13c]1Cl. The van der Waals surface area contributed by atoms with Crippen LogP contribution in [0.2, 0.25) is 35.2 Å². The van der Waals surface area contributed by atoms with E-state index >= 15 is 0 Å². The highest BCUT2D eigenvalue weighted by Gasteiger charge is 2.23. The standard InChI is InChI=1S/C12HCl7O/c13-3-1-2-4-6(15)7(16)8(17)10(19)12(4)20-11(2)9(18)5(3)14/h1H/i1+1,2+1,3+1,4+1,5+1,6+1,7+1,8+1,9+1,10+1,11+1. The van der Waals surface area contributed by atoms with Crippen molar-refractivity contribution < 1.29 is 4.42 Å². The van der Waals surface area contributed by atoms with Crippen LogP contribution in [0.15, 0.2) is 10.5 Å². The molecule has 0 fully saturated rings. The summed E-state index contributed by atoms with van der Waals surface area (Å²) in [5.74, 6) is 0. The van der Waals surface area contributed by atoms with Gasteiger partial charge in [0.25, 0.3) is 0 Å². The van der Waals surface area contributed by atoms with Crippen molar-refractivity contribution >= 4 is 103 Å². The van der Waals surface area contributed by atoms with E-state index < -0.39 is 0 Å². The topological polar surface area (TPSA) is 13.1 Å². The Bertz CT molecular complexity index is 881. The summed E-state index contributed by atoms with van der Waals surface area (Å²) in [7, 11) is 0. The highest BCUT2D eigenvalue weighted by atomic mass is 35.5. The maximum Gasteiger partial charge on any atom is 0.157 e. The van der Waals surface area contributed by atoms with Gasteiger partial charge in [-0.15, -0.1) is 0 Å². The van der Waals surface area contributed by atoms with Crippen LogP contribution in [0.1, 0.15) is 0 Å². The lowest BCUT2D eigenvalue weighted by Gasteiger charge is -2.03. The van der Waals surface area contributed by atoms with Gasteiger partial charge >= 0.3 is 0 Å². The summed E-state index contributed by atoms with van der Waals surface area (Å²) in [6, 6.07) is 1.59. The number of halogens is 7. The quantitative estimate of drug-likeness (QED) is 0.264. The van der Waals surface area contributed by atoms with Gasteiger partial charge in [0.1, 0.15) is 10.0 Å². The van der Waals surface area contributed by atoms with Gasteiger partial charge in [0.15, 0.2) is 11.2 Å². The Labute approximate surface area is 148 Å². The van der Waals surface area contributed by atoms with Gasteiger partial charge in [-0.05, 0) is 6.07 Å². The number of fused-ring (bicyclic) bond motifs is 3. The predicted molar refractivity (Wildman–Crippen MR) is 88.8 cm³/mol. The third kappa shape index (κ3) is 1.99. The summed E-state index contributed by atoms with van der Waals surface area (Å²) >= 11 is 42.5. The summed E-state index contributed by atoms with van der Waals surface area (Å²) in [5.41, 5.74) is 0.597. The number of hydrogen-bond acceptors (Lipinski definition) is 1. The second-order valence-corrected chi connectivity index (χ2v) is 6.60. The molecule has 3 rings (SSSR count). The lowest BCUT2D eigenvalue weighted by Crippen LogP contribution is -1.78. The van der Waals surface area contributed by atoms with E-state index in [9.17, 15) is 0 Å². The third-order valence-electron chi connectivity index (χ3n) is 2.81. The van der Waals surface area contributed by atoms with Gasteiger partial charge in [-0.3, -0.25) is 0 Å². The van der Waals surface area contributed by atoms with Crippen molar-refractivity contribution in [1.29, 1.82) is 0 Å². The van der Waals surface area contributed by atoms with Crippen LogP contribution in [0.4, 0.5) is 0 Å². The zero-order valence-electron chi connectivity index (χ0n) is 9.13. The molecule has 20 heavy (non-hydrogen) atoms. The van der Waals surface area contributed by atoms with E-state index in [4.69, 9.17) is 85.6 Å². The van der Waals surface area contributed by atoms with Crippen LogP contribution in [-0.4, -0.2) is 0 Å². The fourth-order valence-electron chi connectivity index (χ4n) is 1.91. The maximum absolute atomic E-state index is 6.21. The molecule has 0 spiro atoms. The van der Waals surface area contributed by atoms with Crippen LogP contribution in [0.5, 0.6) is 0 Å². The fourth-order valence-corrected chi connectivity index (χ4v) is 3.52. The monoisotopic (exact) mass is 417 g/mol. The van der Waals surface area contributed by atoms with Gasteiger partial charge in [0.2, 0.25) is 0 Å². The molecule has 0 unspecified atom stereocenters. The molecule has 8 heteroatoms. The molecule has 1 heterocycles. The Balaban J connectivity index is 2.67. The molecule has 104 valence electrons. The second-order valence-electron chi connectivity index (χ2n) is 3.93. The van der Waals surface area contributed by atoms with Gasteiger partial charge in [-0.25, -0.2) is 0 Å². The van der Waals surface area contributed by atoms with Crippen LogP contribution < -0.4 is 0 Å². The first-order valence-corrected chi connectivity index (χ1v) is 7.70. The van der Waals surface area contributed by atoms with Crippen molar-refractivity contribution in [3.63, 3.8) is 0 Å². The molecule has 0 saturated carbocycles. The Morgan fingerprint density at radius 1 is 0.600 bits per heavy atom. The van der Waals surface area contributed by atoms with Crippen molar-refractivity contribution in [2.75, 3.05) is 0 Å². The zero-order valence-corrected chi connectivity index (χ0v) is 14.4. The average Bonchev–Trinajstić information content (AvgIpc) is 2.80. The molecule has 0 N–H and O–H groups in total. The highest BCUT2D eigenvalue weighted by Crippen LogP contribution is 2.49. The molecule has 0 saturated heterocycles. The van der Waals surface area contributed by atoms with Crippen molar-refractivity contribution in [2.24, 2.45) is 0 Å². The molecule has 2 aromatic carbocycles. The molecule has 0 radical (unpaired) electrons. The molecule has 0 amide bonds. The molecule has 0 aliphatic carbocycles. The van der Waals surface area contributed by atoms with Gasteiger partial charge in [-0.1, -0.05) is 81.2 Å². The summed E-state index contributed by atoms with van der Waals surface area (Å²) in [5, 5.41) is 2.28. The zero-order chi connectivity index (χ0) is 14.8. The van der Waals surface area contributed by atoms with Crippen LogP contribution in [-0.2, 0) is 0 Å². The molecule has 0 atom stereocenters. The molecular weight excluding hydrogens is 419 g/mol. The van der Waals surface area contributed by atoms with E-state index in [1.807, 2.05) is 0 Å². The predicted octanol–water partition coefficient (Wildman–Crippen LogP) is 8.16. The number of benzene rings is 2. The second kappa shape index (κ2) is 5.17. The van der Waals surface area contributed by atoms with E-state index in [2.05, 4.69) is 0 Å². The molecule has 3 aromatic rings. The van der Waals surface area contributed by atoms with E-state index in [0.29, 0.717) is 16.4 Å².